The first kappa shape index (κ1) is 14.9. The number of hydrogen-bond donors (Lipinski definition) is 0. The minimum atomic E-state index is -0.876. The number of aryl methyl sites for hydroxylation is 1. The van der Waals surface area contributed by atoms with Gasteiger partial charge in [0.15, 0.2) is 0 Å². The third-order valence-electron chi connectivity index (χ3n) is 4.03. The molecule has 0 bridgehead atoms. The summed E-state index contributed by atoms with van der Waals surface area (Å²) in [6, 6.07) is 6.24. The molecule has 1 aromatic carbocycles. The number of benzene rings is 1. The molecule has 0 amide bonds. The van der Waals surface area contributed by atoms with E-state index in [1.807, 2.05) is 26.8 Å². The van der Waals surface area contributed by atoms with Crippen molar-refractivity contribution in [1.29, 1.82) is 0 Å². The lowest BCUT2D eigenvalue weighted by atomic mass is 9.88. The molecule has 2 rings (SSSR count). The Labute approximate surface area is 121 Å². The maximum atomic E-state index is 12.2. The van der Waals surface area contributed by atoms with Crippen molar-refractivity contribution in [2.24, 2.45) is 0 Å². The Bertz CT molecular complexity index is 495. The molecule has 2 unspecified atom stereocenters. The van der Waals surface area contributed by atoms with Gasteiger partial charge >= 0.3 is 5.97 Å². The fourth-order valence-corrected chi connectivity index (χ4v) is 2.76. The molecule has 0 saturated carbocycles. The van der Waals surface area contributed by atoms with E-state index < -0.39 is 5.60 Å². The SMILES string of the molecule is CCOC(=O)C1(C)CCCC(C)c2ccc(C)cc2O1. The molecular formula is C17H24O3. The van der Waals surface area contributed by atoms with E-state index in [9.17, 15) is 4.79 Å². The molecule has 110 valence electrons. The van der Waals surface area contributed by atoms with Crippen molar-refractivity contribution in [1.82, 2.24) is 0 Å². The van der Waals surface area contributed by atoms with Gasteiger partial charge in [0, 0.05) is 0 Å². The van der Waals surface area contributed by atoms with E-state index in [2.05, 4.69) is 19.1 Å². The quantitative estimate of drug-likeness (QED) is 0.766. The van der Waals surface area contributed by atoms with Crippen molar-refractivity contribution in [3.8, 4) is 5.75 Å². The van der Waals surface area contributed by atoms with Crippen LogP contribution < -0.4 is 4.74 Å². The first-order chi connectivity index (χ1) is 9.46. The summed E-state index contributed by atoms with van der Waals surface area (Å²) in [5.74, 6) is 1.02. The van der Waals surface area contributed by atoms with Crippen LogP contribution in [0.3, 0.4) is 0 Å². The van der Waals surface area contributed by atoms with Crippen molar-refractivity contribution in [2.45, 2.75) is 58.5 Å². The number of carbonyl (C=O) groups is 1. The first-order valence-corrected chi connectivity index (χ1v) is 7.43. The van der Waals surface area contributed by atoms with Crippen molar-refractivity contribution in [3.05, 3.63) is 29.3 Å². The summed E-state index contributed by atoms with van der Waals surface area (Å²) in [5.41, 5.74) is 1.45. The largest absolute Gasteiger partial charge is 0.476 e. The van der Waals surface area contributed by atoms with Crippen LogP contribution in [0, 0.1) is 6.92 Å². The van der Waals surface area contributed by atoms with Gasteiger partial charge in [0.2, 0.25) is 5.60 Å². The highest BCUT2D eigenvalue weighted by atomic mass is 16.6. The summed E-state index contributed by atoms with van der Waals surface area (Å²) in [5, 5.41) is 0. The van der Waals surface area contributed by atoms with Crippen LogP contribution in [0.2, 0.25) is 0 Å². The molecule has 0 aliphatic carbocycles. The van der Waals surface area contributed by atoms with Gasteiger partial charge in [0.1, 0.15) is 5.75 Å². The van der Waals surface area contributed by atoms with Gasteiger partial charge in [-0.15, -0.1) is 0 Å². The molecule has 20 heavy (non-hydrogen) atoms. The van der Waals surface area contributed by atoms with Gasteiger partial charge in [-0.2, -0.15) is 0 Å². The molecular weight excluding hydrogens is 252 g/mol. The molecule has 0 fully saturated rings. The van der Waals surface area contributed by atoms with E-state index in [1.54, 1.807) is 0 Å². The zero-order valence-corrected chi connectivity index (χ0v) is 12.9. The van der Waals surface area contributed by atoms with Crippen LogP contribution >= 0.6 is 0 Å². The zero-order chi connectivity index (χ0) is 14.8. The highest BCUT2D eigenvalue weighted by Crippen LogP contribution is 2.37. The second kappa shape index (κ2) is 5.86. The molecule has 1 aliphatic heterocycles. The Kier molecular flexibility index (Phi) is 4.36. The maximum absolute atomic E-state index is 12.2. The van der Waals surface area contributed by atoms with Crippen molar-refractivity contribution >= 4 is 5.97 Å². The molecule has 1 heterocycles. The van der Waals surface area contributed by atoms with Crippen LogP contribution in [0.25, 0.3) is 0 Å². The Morgan fingerprint density at radius 1 is 1.50 bits per heavy atom. The zero-order valence-electron chi connectivity index (χ0n) is 12.9. The third kappa shape index (κ3) is 2.97. The van der Waals surface area contributed by atoms with Crippen LogP contribution in [0.5, 0.6) is 5.75 Å². The van der Waals surface area contributed by atoms with Crippen molar-refractivity contribution in [2.75, 3.05) is 6.61 Å². The second-order valence-electron chi connectivity index (χ2n) is 5.89. The Morgan fingerprint density at radius 3 is 2.95 bits per heavy atom. The normalized spacial score (nSPS) is 25.9. The molecule has 0 aromatic heterocycles. The molecule has 3 nitrogen and oxygen atoms in total. The van der Waals surface area contributed by atoms with E-state index in [0.29, 0.717) is 18.9 Å². The van der Waals surface area contributed by atoms with Crippen LogP contribution in [0.1, 0.15) is 57.1 Å². The van der Waals surface area contributed by atoms with Gasteiger partial charge in [0.05, 0.1) is 6.61 Å². The minimum Gasteiger partial charge on any atom is -0.476 e. The highest BCUT2D eigenvalue weighted by Gasteiger charge is 2.39. The predicted octanol–water partition coefficient (Wildman–Crippen LogP) is 3.98. The number of rotatable bonds is 2. The van der Waals surface area contributed by atoms with Gasteiger partial charge in [-0.1, -0.05) is 19.1 Å². The van der Waals surface area contributed by atoms with Gasteiger partial charge in [-0.25, -0.2) is 4.79 Å². The third-order valence-corrected chi connectivity index (χ3v) is 4.03. The van der Waals surface area contributed by atoms with Gasteiger partial charge in [-0.3, -0.25) is 0 Å². The summed E-state index contributed by atoms with van der Waals surface area (Å²) < 4.78 is 11.3. The van der Waals surface area contributed by atoms with Gasteiger partial charge in [0.25, 0.3) is 0 Å². The van der Waals surface area contributed by atoms with E-state index in [1.165, 1.54) is 5.56 Å². The van der Waals surface area contributed by atoms with Gasteiger partial charge in [-0.05, 0) is 63.1 Å². The Balaban J connectivity index is 2.37. The van der Waals surface area contributed by atoms with Crippen molar-refractivity contribution < 1.29 is 14.3 Å². The average Bonchev–Trinajstić information content (AvgIpc) is 2.37. The molecule has 0 N–H and O–H groups in total. The Morgan fingerprint density at radius 2 is 2.25 bits per heavy atom. The topological polar surface area (TPSA) is 35.5 Å². The Hall–Kier alpha value is -1.51. The van der Waals surface area contributed by atoms with Crippen LogP contribution in [-0.4, -0.2) is 18.2 Å². The summed E-state index contributed by atoms with van der Waals surface area (Å²) in [4.78, 5) is 12.2. The number of fused-ring (bicyclic) bond motifs is 1. The smallest absolute Gasteiger partial charge is 0.350 e. The van der Waals surface area contributed by atoms with Crippen LogP contribution in [-0.2, 0) is 9.53 Å². The monoisotopic (exact) mass is 276 g/mol. The predicted molar refractivity (Wildman–Crippen MR) is 79.1 cm³/mol. The number of hydrogen-bond acceptors (Lipinski definition) is 3. The summed E-state index contributed by atoms with van der Waals surface area (Å²) in [6.07, 6.45) is 2.72. The van der Waals surface area contributed by atoms with Crippen LogP contribution in [0.4, 0.5) is 0 Å². The number of carbonyl (C=O) groups excluding carboxylic acids is 1. The lowest BCUT2D eigenvalue weighted by Crippen LogP contribution is -2.43. The van der Waals surface area contributed by atoms with Crippen molar-refractivity contribution in [3.63, 3.8) is 0 Å². The molecule has 2 atom stereocenters. The summed E-state index contributed by atoms with van der Waals surface area (Å²) in [7, 11) is 0. The van der Waals surface area contributed by atoms with Gasteiger partial charge < -0.3 is 9.47 Å². The minimum absolute atomic E-state index is 0.262. The lowest BCUT2D eigenvalue weighted by molar-refractivity contribution is -0.161. The fraction of sp³-hybridized carbons (Fsp3) is 0.588. The molecule has 0 radical (unpaired) electrons. The average molecular weight is 276 g/mol. The highest BCUT2D eigenvalue weighted by molar-refractivity contribution is 5.79. The number of esters is 1. The maximum Gasteiger partial charge on any atom is 0.350 e. The standard InChI is InChI=1S/C17H24O3/c1-5-19-16(18)17(4)10-6-7-13(3)14-9-8-12(2)11-15(14)20-17/h8-9,11,13H,5-7,10H2,1-4H3. The van der Waals surface area contributed by atoms with E-state index in [4.69, 9.17) is 9.47 Å². The fourth-order valence-electron chi connectivity index (χ4n) is 2.76. The molecule has 3 heteroatoms. The van der Waals surface area contributed by atoms with E-state index in [-0.39, 0.29) is 5.97 Å². The second-order valence-corrected chi connectivity index (χ2v) is 5.89. The molecule has 1 aromatic rings. The number of ether oxygens (including phenoxy) is 2. The molecule has 1 aliphatic rings. The summed E-state index contributed by atoms with van der Waals surface area (Å²) >= 11 is 0. The first-order valence-electron chi connectivity index (χ1n) is 7.43. The molecule has 0 spiro atoms. The lowest BCUT2D eigenvalue weighted by Gasteiger charge is -2.33. The van der Waals surface area contributed by atoms with E-state index in [0.717, 1.165) is 24.2 Å². The summed E-state index contributed by atoms with van der Waals surface area (Å²) in [6.45, 7) is 8.30. The van der Waals surface area contributed by atoms with Crippen LogP contribution in [0.15, 0.2) is 18.2 Å². The molecule has 0 saturated heterocycles. The van der Waals surface area contributed by atoms with E-state index >= 15 is 0 Å².